The van der Waals surface area contributed by atoms with Crippen molar-refractivity contribution in [2.45, 2.75) is 19.0 Å². The molecular weight excluding hydrogens is 371 g/mol. The molecular formula is C17H16Cl2O6. The molecule has 2 N–H and O–H groups in total. The van der Waals surface area contributed by atoms with Gasteiger partial charge in [-0.25, -0.2) is 0 Å². The van der Waals surface area contributed by atoms with E-state index in [2.05, 4.69) is 0 Å². The van der Waals surface area contributed by atoms with Crippen LogP contribution in [0.1, 0.15) is 6.92 Å². The van der Waals surface area contributed by atoms with E-state index in [0.29, 0.717) is 10.0 Å². The maximum Gasteiger partial charge on any atom is 0.400 e. The molecule has 0 fully saturated rings. The molecule has 2 aromatic rings. The van der Waals surface area contributed by atoms with Crippen LogP contribution in [0.2, 0.25) is 10.0 Å². The summed E-state index contributed by atoms with van der Waals surface area (Å²) in [6.07, 6.45) is -1.69. The zero-order valence-corrected chi connectivity index (χ0v) is 14.7. The molecule has 0 amide bonds. The summed E-state index contributed by atoms with van der Waals surface area (Å²) in [6, 6.07) is 12.1. The van der Waals surface area contributed by atoms with Crippen LogP contribution in [0.4, 0.5) is 0 Å². The highest BCUT2D eigenvalue weighted by Crippen LogP contribution is 2.26. The van der Waals surface area contributed by atoms with Crippen molar-refractivity contribution in [3.05, 3.63) is 58.6 Å². The predicted octanol–water partition coefficient (Wildman–Crippen LogP) is 3.02. The number of esters is 1. The Morgan fingerprint density at radius 1 is 1.00 bits per heavy atom. The van der Waals surface area contributed by atoms with Crippen LogP contribution in [0.25, 0.3) is 0 Å². The van der Waals surface area contributed by atoms with Crippen LogP contribution in [0.3, 0.4) is 0 Å². The molecule has 0 saturated heterocycles. The van der Waals surface area contributed by atoms with Crippen molar-refractivity contribution in [3.8, 4) is 11.5 Å². The van der Waals surface area contributed by atoms with Crippen molar-refractivity contribution in [3.63, 3.8) is 0 Å². The molecule has 25 heavy (non-hydrogen) atoms. The fraction of sp³-hybridized carbons (Fsp3) is 0.235. The van der Waals surface area contributed by atoms with Crippen molar-refractivity contribution in [2.24, 2.45) is 0 Å². The minimum absolute atomic E-state index is 0.183. The minimum atomic E-state index is -2.52. The predicted molar refractivity (Wildman–Crippen MR) is 91.7 cm³/mol. The molecule has 1 atom stereocenters. The Balaban J connectivity index is 2.23. The van der Waals surface area contributed by atoms with E-state index in [1.807, 2.05) is 0 Å². The Kier molecular flexibility index (Phi) is 6.50. The third-order valence-electron chi connectivity index (χ3n) is 3.02. The van der Waals surface area contributed by atoms with E-state index in [-0.39, 0.29) is 11.5 Å². The fourth-order valence-electron chi connectivity index (χ4n) is 1.80. The quantitative estimate of drug-likeness (QED) is 0.561. The van der Waals surface area contributed by atoms with E-state index in [9.17, 15) is 15.0 Å². The van der Waals surface area contributed by atoms with Gasteiger partial charge in [-0.15, -0.1) is 0 Å². The number of aliphatic hydroxyl groups excluding tert-OH is 1. The summed E-state index contributed by atoms with van der Waals surface area (Å²) in [6.45, 7) is 0.638. The molecule has 134 valence electrons. The van der Waals surface area contributed by atoms with Gasteiger partial charge in [0.2, 0.25) is 0 Å². The highest BCUT2D eigenvalue weighted by molar-refractivity contribution is 6.30. The maximum atomic E-state index is 10.9. The first kappa shape index (κ1) is 19.3. The standard InChI is InChI=1S/C17H16Cl2O6/c1-11(20)23-10-16(21)17(22,24-14-6-2-12(18)3-7-14)25-15-8-4-13(19)5-9-15/h2-9,16,21-22H,10H2,1H3. The lowest BCUT2D eigenvalue weighted by atomic mass is 10.3. The highest BCUT2D eigenvalue weighted by atomic mass is 35.5. The van der Waals surface area contributed by atoms with Crippen molar-refractivity contribution < 1.29 is 29.2 Å². The van der Waals surface area contributed by atoms with E-state index < -0.39 is 24.7 Å². The summed E-state index contributed by atoms with van der Waals surface area (Å²) in [5, 5.41) is 21.8. The molecule has 0 heterocycles. The monoisotopic (exact) mass is 386 g/mol. The Hall–Kier alpha value is -1.99. The lowest BCUT2D eigenvalue weighted by Gasteiger charge is -2.32. The SMILES string of the molecule is CC(=O)OCC(O)C(O)(Oc1ccc(Cl)cc1)Oc1ccc(Cl)cc1. The van der Waals surface area contributed by atoms with Gasteiger partial charge in [-0.05, 0) is 48.5 Å². The second kappa shape index (κ2) is 8.40. The van der Waals surface area contributed by atoms with Gasteiger partial charge in [0.15, 0.2) is 6.10 Å². The van der Waals surface area contributed by atoms with Crippen molar-refractivity contribution in [1.82, 2.24) is 0 Å². The molecule has 0 aliphatic rings. The Morgan fingerprint density at radius 3 is 1.76 bits per heavy atom. The molecule has 1 unspecified atom stereocenters. The molecule has 0 radical (unpaired) electrons. The van der Waals surface area contributed by atoms with Gasteiger partial charge < -0.3 is 24.4 Å². The number of carbonyl (C=O) groups is 1. The lowest BCUT2D eigenvalue weighted by molar-refractivity contribution is -0.324. The summed E-state index contributed by atoms with van der Waals surface area (Å²) < 4.78 is 15.5. The molecule has 8 heteroatoms. The average Bonchev–Trinajstić information content (AvgIpc) is 2.57. The molecule has 0 aliphatic carbocycles. The maximum absolute atomic E-state index is 10.9. The third-order valence-corrected chi connectivity index (χ3v) is 3.52. The molecule has 2 aromatic carbocycles. The molecule has 0 bridgehead atoms. The Labute approximate surface area is 154 Å². The molecule has 6 nitrogen and oxygen atoms in total. The summed E-state index contributed by atoms with van der Waals surface area (Å²) >= 11 is 11.6. The summed E-state index contributed by atoms with van der Waals surface area (Å²) in [5.74, 6) is -2.78. The minimum Gasteiger partial charge on any atom is -0.463 e. The number of rotatable bonds is 7. The Bertz CT molecular complexity index is 655. The molecule has 0 aromatic heterocycles. The zero-order chi connectivity index (χ0) is 18.4. The second-order valence-electron chi connectivity index (χ2n) is 5.06. The van der Waals surface area contributed by atoms with Crippen molar-refractivity contribution >= 4 is 29.2 Å². The van der Waals surface area contributed by atoms with E-state index in [1.165, 1.54) is 55.5 Å². The number of benzene rings is 2. The van der Waals surface area contributed by atoms with Crippen LogP contribution < -0.4 is 9.47 Å². The largest absolute Gasteiger partial charge is 0.463 e. The van der Waals surface area contributed by atoms with Gasteiger partial charge in [-0.3, -0.25) is 4.79 Å². The van der Waals surface area contributed by atoms with Crippen LogP contribution in [0, 0.1) is 0 Å². The molecule has 0 aliphatic heterocycles. The van der Waals surface area contributed by atoms with Crippen LogP contribution >= 0.6 is 23.2 Å². The number of ether oxygens (including phenoxy) is 3. The first-order chi connectivity index (χ1) is 11.8. The second-order valence-corrected chi connectivity index (χ2v) is 5.93. The number of carbonyl (C=O) groups excluding carboxylic acids is 1. The van der Waals surface area contributed by atoms with Gasteiger partial charge in [0, 0.05) is 17.0 Å². The van der Waals surface area contributed by atoms with E-state index >= 15 is 0 Å². The van der Waals surface area contributed by atoms with Gasteiger partial charge in [-0.1, -0.05) is 23.2 Å². The smallest absolute Gasteiger partial charge is 0.400 e. The summed E-state index contributed by atoms with van der Waals surface area (Å²) in [7, 11) is 0. The van der Waals surface area contributed by atoms with E-state index in [4.69, 9.17) is 37.4 Å². The van der Waals surface area contributed by atoms with E-state index in [1.54, 1.807) is 0 Å². The lowest BCUT2D eigenvalue weighted by Crippen LogP contribution is -2.54. The number of aliphatic hydroxyl groups is 2. The van der Waals surface area contributed by atoms with Crippen LogP contribution in [-0.2, 0) is 9.53 Å². The zero-order valence-electron chi connectivity index (χ0n) is 13.2. The molecule has 0 saturated carbocycles. The number of hydrogen-bond acceptors (Lipinski definition) is 6. The molecule has 0 spiro atoms. The van der Waals surface area contributed by atoms with Crippen molar-refractivity contribution in [2.75, 3.05) is 6.61 Å². The van der Waals surface area contributed by atoms with Crippen LogP contribution in [0.5, 0.6) is 11.5 Å². The summed E-state index contributed by atoms with van der Waals surface area (Å²) in [4.78, 5) is 10.9. The number of hydrogen-bond donors (Lipinski definition) is 2. The van der Waals surface area contributed by atoms with Gasteiger partial charge >= 0.3 is 11.9 Å². The third kappa shape index (κ3) is 5.79. The fourth-order valence-corrected chi connectivity index (χ4v) is 2.05. The van der Waals surface area contributed by atoms with Crippen molar-refractivity contribution in [1.29, 1.82) is 0 Å². The normalized spacial score (nSPS) is 12.4. The topological polar surface area (TPSA) is 85.2 Å². The average molecular weight is 387 g/mol. The first-order valence-electron chi connectivity index (χ1n) is 7.21. The van der Waals surface area contributed by atoms with E-state index in [0.717, 1.165) is 0 Å². The van der Waals surface area contributed by atoms with Gasteiger partial charge in [-0.2, -0.15) is 0 Å². The van der Waals surface area contributed by atoms with Gasteiger partial charge in [0.05, 0.1) is 0 Å². The summed E-state index contributed by atoms with van der Waals surface area (Å²) in [5.41, 5.74) is 0. The van der Waals surface area contributed by atoms with Gasteiger partial charge in [0.25, 0.3) is 0 Å². The first-order valence-corrected chi connectivity index (χ1v) is 7.97. The van der Waals surface area contributed by atoms with Crippen LogP contribution in [-0.4, -0.2) is 34.9 Å². The van der Waals surface area contributed by atoms with Crippen LogP contribution in [0.15, 0.2) is 48.5 Å². The van der Waals surface area contributed by atoms with Gasteiger partial charge in [0.1, 0.15) is 18.1 Å². The Morgan fingerprint density at radius 2 is 1.40 bits per heavy atom. The molecule has 2 rings (SSSR count). The highest BCUT2D eigenvalue weighted by Gasteiger charge is 2.42. The number of halogens is 2.